The number of nitrogen functional groups attached to an aromatic ring is 1. The van der Waals surface area contributed by atoms with Crippen LogP contribution in [-0.4, -0.2) is 27.3 Å². The number of nitrogens with one attached hydrogen (secondary N) is 1. The number of nitrogens with zero attached hydrogens (tertiary/aromatic N) is 3. The van der Waals surface area contributed by atoms with E-state index in [0.29, 0.717) is 11.3 Å². The summed E-state index contributed by atoms with van der Waals surface area (Å²) in [4.78, 5) is 3.91. The molecule has 2 aromatic heterocycles. The molecule has 0 atom stereocenters. The van der Waals surface area contributed by atoms with Gasteiger partial charge in [0.2, 0.25) is 0 Å². The van der Waals surface area contributed by atoms with Gasteiger partial charge in [0, 0.05) is 24.2 Å². The molecule has 0 fully saturated rings. The van der Waals surface area contributed by atoms with Crippen LogP contribution in [0.4, 0.5) is 4.39 Å². The molecule has 0 unspecified atom stereocenters. The third kappa shape index (κ3) is 2.30. The van der Waals surface area contributed by atoms with Crippen molar-refractivity contribution in [1.82, 2.24) is 14.8 Å². The highest BCUT2D eigenvalue weighted by molar-refractivity contribution is 6.00. The Balaban J connectivity index is 2.48. The Morgan fingerprint density at radius 1 is 1.41 bits per heavy atom. The lowest BCUT2D eigenvalue weighted by molar-refractivity contribution is 0.427. The topological polar surface area (TPSA) is 80.6 Å². The van der Waals surface area contributed by atoms with Crippen LogP contribution in [0, 0.1) is 5.41 Å². The van der Waals surface area contributed by atoms with Crippen molar-refractivity contribution in [2.24, 2.45) is 5.73 Å². The number of aryl methyl sites for hydroxylation is 1. The average molecular weight is 233 g/mol. The molecule has 0 saturated heterocycles. The molecule has 2 rings (SSSR count). The zero-order valence-electron chi connectivity index (χ0n) is 9.10. The number of alkyl halides is 1. The molecule has 0 aliphatic carbocycles. The van der Waals surface area contributed by atoms with Crippen molar-refractivity contribution in [2.75, 3.05) is 6.67 Å². The van der Waals surface area contributed by atoms with Crippen molar-refractivity contribution in [3.63, 3.8) is 0 Å². The van der Waals surface area contributed by atoms with Crippen LogP contribution < -0.4 is 5.73 Å². The van der Waals surface area contributed by atoms with E-state index in [-0.39, 0.29) is 12.4 Å². The van der Waals surface area contributed by atoms with Gasteiger partial charge in [-0.25, -0.2) is 4.39 Å². The second-order valence-electron chi connectivity index (χ2n) is 3.49. The second-order valence-corrected chi connectivity index (χ2v) is 3.49. The lowest BCUT2D eigenvalue weighted by Crippen LogP contribution is -2.11. The van der Waals surface area contributed by atoms with Crippen LogP contribution >= 0.6 is 0 Å². The molecule has 17 heavy (non-hydrogen) atoms. The Morgan fingerprint density at radius 3 is 2.71 bits per heavy atom. The summed E-state index contributed by atoms with van der Waals surface area (Å²) in [5.41, 5.74) is 7.37. The first-order valence-corrected chi connectivity index (χ1v) is 5.10. The fourth-order valence-corrected chi connectivity index (χ4v) is 1.54. The minimum atomic E-state index is -0.505. The SMILES string of the molecule is N=C(N)c1cn(CCF)nc1-c1ccncc1. The largest absolute Gasteiger partial charge is 0.384 e. The highest BCUT2D eigenvalue weighted by atomic mass is 19.1. The molecule has 88 valence electrons. The maximum atomic E-state index is 12.3. The standard InChI is InChI=1S/C11H12FN5/c12-3-6-17-7-9(11(13)14)10(16-17)8-1-4-15-5-2-8/h1-2,4-5,7H,3,6H2,(H3,13,14). The zero-order chi connectivity index (χ0) is 12.3. The average Bonchev–Trinajstić information content (AvgIpc) is 2.75. The van der Waals surface area contributed by atoms with Gasteiger partial charge in [-0.3, -0.25) is 15.1 Å². The van der Waals surface area contributed by atoms with Gasteiger partial charge in [0.15, 0.2) is 0 Å². The molecule has 0 aliphatic rings. The minimum absolute atomic E-state index is 0.0816. The lowest BCUT2D eigenvalue weighted by atomic mass is 10.1. The first-order chi connectivity index (χ1) is 8.22. The predicted molar refractivity (Wildman–Crippen MR) is 62.4 cm³/mol. The quantitative estimate of drug-likeness (QED) is 0.615. The van der Waals surface area contributed by atoms with E-state index in [4.69, 9.17) is 11.1 Å². The fourth-order valence-electron chi connectivity index (χ4n) is 1.54. The van der Waals surface area contributed by atoms with Gasteiger partial charge in [-0.15, -0.1) is 0 Å². The Bertz CT molecular complexity index is 520. The molecular formula is C11H12FN5. The highest BCUT2D eigenvalue weighted by Gasteiger charge is 2.13. The molecule has 0 radical (unpaired) electrons. The first kappa shape index (κ1) is 11.3. The van der Waals surface area contributed by atoms with Crippen LogP contribution in [-0.2, 0) is 6.54 Å². The number of pyridine rings is 1. The summed E-state index contributed by atoms with van der Waals surface area (Å²) in [6.07, 6.45) is 4.85. The lowest BCUT2D eigenvalue weighted by Gasteiger charge is -1.99. The number of amidine groups is 1. The minimum Gasteiger partial charge on any atom is -0.384 e. The molecule has 2 aromatic rings. The number of nitrogens with two attached hydrogens (primary N) is 1. The summed E-state index contributed by atoms with van der Waals surface area (Å²) in [6, 6.07) is 3.54. The van der Waals surface area contributed by atoms with Gasteiger partial charge in [0.25, 0.3) is 0 Å². The first-order valence-electron chi connectivity index (χ1n) is 5.10. The Kier molecular flexibility index (Phi) is 3.13. The van der Waals surface area contributed by atoms with Gasteiger partial charge in [-0.2, -0.15) is 5.10 Å². The van der Waals surface area contributed by atoms with Gasteiger partial charge in [-0.1, -0.05) is 0 Å². The number of rotatable bonds is 4. The van der Waals surface area contributed by atoms with Gasteiger partial charge in [-0.05, 0) is 12.1 Å². The Morgan fingerprint density at radius 2 is 2.12 bits per heavy atom. The van der Waals surface area contributed by atoms with Crippen LogP contribution in [0.25, 0.3) is 11.3 Å². The molecule has 0 amide bonds. The van der Waals surface area contributed by atoms with Crippen LogP contribution in [0.1, 0.15) is 5.56 Å². The maximum absolute atomic E-state index is 12.3. The molecule has 5 nitrogen and oxygen atoms in total. The van der Waals surface area contributed by atoms with Crippen molar-refractivity contribution in [2.45, 2.75) is 6.54 Å². The molecule has 0 aliphatic heterocycles. The third-order valence-electron chi connectivity index (χ3n) is 2.32. The molecule has 0 saturated carbocycles. The van der Waals surface area contributed by atoms with Gasteiger partial charge < -0.3 is 5.73 Å². The summed E-state index contributed by atoms with van der Waals surface area (Å²) in [5, 5.41) is 11.7. The van der Waals surface area contributed by atoms with E-state index in [2.05, 4.69) is 10.1 Å². The molecule has 0 spiro atoms. The molecule has 0 aromatic carbocycles. The van der Waals surface area contributed by atoms with Crippen molar-refractivity contribution < 1.29 is 4.39 Å². The van der Waals surface area contributed by atoms with Crippen molar-refractivity contribution in [3.8, 4) is 11.3 Å². The van der Waals surface area contributed by atoms with Crippen LogP contribution in [0.3, 0.4) is 0 Å². The van der Waals surface area contributed by atoms with E-state index < -0.39 is 6.67 Å². The normalized spacial score (nSPS) is 10.4. The summed E-state index contributed by atoms with van der Waals surface area (Å²) >= 11 is 0. The van der Waals surface area contributed by atoms with Gasteiger partial charge in [0.1, 0.15) is 18.2 Å². The van der Waals surface area contributed by atoms with Crippen molar-refractivity contribution in [3.05, 3.63) is 36.3 Å². The van der Waals surface area contributed by atoms with E-state index in [1.165, 1.54) is 4.68 Å². The van der Waals surface area contributed by atoms with E-state index in [0.717, 1.165) is 5.56 Å². The zero-order valence-corrected chi connectivity index (χ0v) is 9.10. The monoisotopic (exact) mass is 233 g/mol. The van der Waals surface area contributed by atoms with E-state index in [9.17, 15) is 4.39 Å². The van der Waals surface area contributed by atoms with Gasteiger partial charge in [0.05, 0.1) is 12.1 Å². The van der Waals surface area contributed by atoms with Crippen LogP contribution in [0.2, 0.25) is 0 Å². The number of aromatic nitrogens is 3. The Hall–Kier alpha value is -2.24. The second kappa shape index (κ2) is 4.73. The van der Waals surface area contributed by atoms with Crippen molar-refractivity contribution in [1.29, 1.82) is 5.41 Å². The summed E-state index contributed by atoms with van der Waals surface area (Å²) in [7, 11) is 0. The molecular weight excluding hydrogens is 221 g/mol. The number of hydrogen-bond donors (Lipinski definition) is 2. The van der Waals surface area contributed by atoms with Gasteiger partial charge >= 0.3 is 0 Å². The van der Waals surface area contributed by atoms with Crippen LogP contribution in [0.5, 0.6) is 0 Å². The fraction of sp³-hybridized carbons (Fsp3) is 0.182. The van der Waals surface area contributed by atoms with E-state index in [1.807, 2.05) is 0 Å². The summed E-state index contributed by atoms with van der Waals surface area (Å²) in [6.45, 7) is -0.347. The number of hydrogen-bond acceptors (Lipinski definition) is 3. The van der Waals surface area contributed by atoms with E-state index in [1.54, 1.807) is 30.7 Å². The molecule has 0 bridgehead atoms. The summed E-state index contributed by atoms with van der Waals surface area (Å²) < 4.78 is 13.7. The highest BCUT2D eigenvalue weighted by Crippen LogP contribution is 2.20. The number of halogens is 1. The molecule has 3 N–H and O–H groups in total. The Labute approximate surface area is 97.6 Å². The predicted octanol–water partition coefficient (Wildman–Crippen LogP) is 1.20. The van der Waals surface area contributed by atoms with Crippen molar-refractivity contribution >= 4 is 5.84 Å². The van der Waals surface area contributed by atoms with E-state index >= 15 is 0 Å². The van der Waals surface area contributed by atoms with Crippen LogP contribution in [0.15, 0.2) is 30.7 Å². The third-order valence-corrected chi connectivity index (χ3v) is 2.32. The molecule has 2 heterocycles. The smallest absolute Gasteiger partial charge is 0.126 e. The maximum Gasteiger partial charge on any atom is 0.126 e. The summed E-state index contributed by atoms with van der Waals surface area (Å²) in [5.74, 6) is -0.0816. The molecule has 6 heteroatoms.